The quantitative estimate of drug-likeness (QED) is 0.831. The minimum atomic E-state index is 0.0267. The van der Waals surface area contributed by atoms with Gasteiger partial charge in [-0.1, -0.05) is 16.8 Å². The van der Waals surface area contributed by atoms with Gasteiger partial charge in [0.2, 0.25) is 0 Å². The molecule has 0 saturated heterocycles. The third-order valence-corrected chi connectivity index (χ3v) is 2.62. The molecule has 1 heterocycles. The normalized spacial score (nSPS) is 10.5. The molecule has 5 nitrogen and oxygen atoms in total. The second-order valence-electron chi connectivity index (χ2n) is 3.45. The van der Waals surface area contributed by atoms with Crippen LogP contribution in [0.3, 0.4) is 0 Å². The van der Waals surface area contributed by atoms with E-state index in [2.05, 4.69) is 10.3 Å². The van der Waals surface area contributed by atoms with E-state index in [1.165, 1.54) is 4.68 Å². The molecule has 2 rings (SSSR count). The van der Waals surface area contributed by atoms with Gasteiger partial charge >= 0.3 is 0 Å². The smallest absolute Gasteiger partial charge is 0.151 e. The van der Waals surface area contributed by atoms with E-state index in [9.17, 15) is 4.79 Å². The van der Waals surface area contributed by atoms with E-state index < -0.39 is 0 Å². The van der Waals surface area contributed by atoms with Crippen LogP contribution in [0.25, 0.3) is 5.69 Å². The van der Waals surface area contributed by atoms with Crippen LogP contribution in [0.15, 0.2) is 24.4 Å². The Morgan fingerprint density at radius 2 is 2.29 bits per heavy atom. The number of carbonyl (C=O) groups is 1. The Morgan fingerprint density at radius 3 is 3.00 bits per heavy atom. The van der Waals surface area contributed by atoms with Gasteiger partial charge in [0.05, 0.1) is 22.6 Å². The number of nitrogens with zero attached hydrogens (tertiary/aromatic N) is 3. The fraction of sp³-hybridized carbons (Fsp3) is 0.182. The molecule has 6 heteroatoms. The van der Waals surface area contributed by atoms with E-state index in [-0.39, 0.29) is 6.61 Å². The summed E-state index contributed by atoms with van der Waals surface area (Å²) in [5.74, 6) is 0. The van der Waals surface area contributed by atoms with Crippen LogP contribution in [-0.4, -0.2) is 33.0 Å². The largest absolute Gasteiger partial charge is 0.396 e. The molecule has 0 spiro atoms. The lowest BCUT2D eigenvalue weighted by Gasteiger charge is -2.02. The van der Waals surface area contributed by atoms with Gasteiger partial charge in [-0.05, 0) is 18.2 Å². The van der Waals surface area contributed by atoms with Crippen LogP contribution in [0, 0.1) is 0 Å². The zero-order valence-corrected chi connectivity index (χ0v) is 9.63. The minimum Gasteiger partial charge on any atom is -0.396 e. The maximum absolute atomic E-state index is 10.8. The number of carbonyl (C=O) groups excluding carboxylic acids is 1. The molecule has 0 atom stereocenters. The highest BCUT2D eigenvalue weighted by atomic mass is 35.5. The zero-order chi connectivity index (χ0) is 12.3. The Kier molecular flexibility index (Phi) is 3.51. The number of aliphatic hydroxyl groups is 1. The molecule has 0 fully saturated rings. The van der Waals surface area contributed by atoms with Gasteiger partial charge < -0.3 is 5.11 Å². The van der Waals surface area contributed by atoms with Gasteiger partial charge in [0.25, 0.3) is 0 Å². The van der Waals surface area contributed by atoms with E-state index in [1.54, 1.807) is 24.4 Å². The highest BCUT2D eigenvalue weighted by Crippen LogP contribution is 2.18. The van der Waals surface area contributed by atoms with E-state index in [4.69, 9.17) is 16.7 Å². The van der Waals surface area contributed by atoms with Gasteiger partial charge in [-0.2, -0.15) is 0 Å². The first-order chi connectivity index (χ1) is 8.24. The molecule has 0 saturated carbocycles. The van der Waals surface area contributed by atoms with Crippen LogP contribution in [0.2, 0.25) is 5.02 Å². The van der Waals surface area contributed by atoms with Gasteiger partial charge in [0, 0.05) is 18.6 Å². The third-order valence-electron chi connectivity index (χ3n) is 2.28. The fourth-order valence-corrected chi connectivity index (χ4v) is 1.58. The molecule has 0 amide bonds. The van der Waals surface area contributed by atoms with Crippen molar-refractivity contribution in [3.8, 4) is 5.69 Å². The minimum absolute atomic E-state index is 0.0267. The number of aromatic nitrogens is 3. The first-order valence-corrected chi connectivity index (χ1v) is 5.39. The van der Waals surface area contributed by atoms with E-state index >= 15 is 0 Å². The molecule has 2 aromatic rings. The van der Waals surface area contributed by atoms with Crippen LogP contribution >= 0.6 is 11.6 Å². The van der Waals surface area contributed by atoms with Crippen molar-refractivity contribution in [3.05, 3.63) is 40.7 Å². The summed E-state index contributed by atoms with van der Waals surface area (Å²) in [6, 6.07) is 5.01. The first kappa shape index (κ1) is 11.8. The van der Waals surface area contributed by atoms with E-state index in [1.807, 2.05) is 0 Å². The van der Waals surface area contributed by atoms with Crippen molar-refractivity contribution in [2.24, 2.45) is 0 Å². The summed E-state index contributed by atoms with van der Waals surface area (Å²) < 4.78 is 1.54. The number of benzene rings is 1. The molecule has 0 unspecified atom stereocenters. The van der Waals surface area contributed by atoms with Crippen LogP contribution in [0.4, 0.5) is 0 Å². The van der Waals surface area contributed by atoms with Crippen LogP contribution < -0.4 is 0 Å². The molecule has 0 aliphatic carbocycles. The van der Waals surface area contributed by atoms with Crippen molar-refractivity contribution in [1.29, 1.82) is 0 Å². The molecule has 1 aromatic carbocycles. The summed E-state index contributed by atoms with van der Waals surface area (Å²) >= 11 is 5.83. The predicted octanol–water partition coefficient (Wildman–Crippen LogP) is 1.27. The van der Waals surface area contributed by atoms with Gasteiger partial charge in [-0.25, -0.2) is 4.68 Å². The third kappa shape index (κ3) is 2.51. The Hall–Kier alpha value is -1.72. The number of halogens is 1. The molecular formula is C11H10ClN3O2. The first-order valence-electron chi connectivity index (χ1n) is 5.02. The van der Waals surface area contributed by atoms with Crippen LogP contribution in [0.5, 0.6) is 0 Å². The number of hydrogen-bond acceptors (Lipinski definition) is 4. The summed E-state index contributed by atoms with van der Waals surface area (Å²) in [7, 11) is 0. The summed E-state index contributed by atoms with van der Waals surface area (Å²) in [5, 5.41) is 17.0. The maximum Gasteiger partial charge on any atom is 0.151 e. The van der Waals surface area contributed by atoms with E-state index in [0.29, 0.717) is 34.7 Å². The number of hydrogen-bond donors (Lipinski definition) is 1. The van der Waals surface area contributed by atoms with Gasteiger partial charge in [-0.3, -0.25) is 4.79 Å². The average molecular weight is 252 g/mol. The molecule has 1 N–H and O–H groups in total. The Labute approximate surface area is 103 Å². The maximum atomic E-state index is 10.8. The van der Waals surface area contributed by atoms with Crippen molar-refractivity contribution in [2.45, 2.75) is 6.42 Å². The molecule has 88 valence electrons. The number of rotatable bonds is 4. The monoisotopic (exact) mass is 251 g/mol. The number of aliphatic hydroxyl groups excluding tert-OH is 1. The van der Waals surface area contributed by atoms with Crippen molar-refractivity contribution in [3.63, 3.8) is 0 Å². The lowest BCUT2D eigenvalue weighted by atomic mass is 10.2. The summed E-state index contributed by atoms with van der Waals surface area (Å²) in [6.45, 7) is 0.0267. The van der Waals surface area contributed by atoms with Crippen molar-refractivity contribution in [1.82, 2.24) is 15.0 Å². The second-order valence-corrected chi connectivity index (χ2v) is 3.86. The van der Waals surface area contributed by atoms with Gasteiger partial charge in [-0.15, -0.1) is 5.10 Å². The molecule has 17 heavy (non-hydrogen) atoms. The van der Waals surface area contributed by atoms with Crippen LogP contribution in [-0.2, 0) is 6.42 Å². The Balaban J connectivity index is 2.35. The van der Waals surface area contributed by atoms with E-state index in [0.717, 1.165) is 0 Å². The topological polar surface area (TPSA) is 68.0 Å². The predicted molar refractivity (Wildman–Crippen MR) is 62.5 cm³/mol. The lowest BCUT2D eigenvalue weighted by Crippen LogP contribution is -1.96. The van der Waals surface area contributed by atoms with Crippen molar-refractivity contribution in [2.75, 3.05) is 6.61 Å². The Morgan fingerprint density at radius 1 is 1.47 bits per heavy atom. The number of aldehydes is 1. The van der Waals surface area contributed by atoms with Gasteiger partial charge in [0.1, 0.15) is 0 Å². The standard InChI is InChI=1S/C11H10ClN3O2/c12-11-2-1-10(5-8(11)7-17)15-6-9(3-4-16)13-14-15/h1-2,5-7,16H,3-4H2. The Bertz CT molecular complexity index is 539. The van der Waals surface area contributed by atoms with Crippen molar-refractivity contribution < 1.29 is 9.90 Å². The molecule has 0 aliphatic heterocycles. The fourth-order valence-electron chi connectivity index (χ4n) is 1.42. The highest BCUT2D eigenvalue weighted by molar-refractivity contribution is 6.33. The molecular weight excluding hydrogens is 242 g/mol. The molecule has 0 radical (unpaired) electrons. The average Bonchev–Trinajstić information content (AvgIpc) is 2.79. The SMILES string of the molecule is O=Cc1cc(-n2cc(CCO)nn2)ccc1Cl. The van der Waals surface area contributed by atoms with Crippen LogP contribution in [0.1, 0.15) is 16.1 Å². The van der Waals surface area contributed by atoms with Crippen molar-refractivity contribution >= 4 is 17.9 Å². The van der Waals surface area contributed by atoms with Gasteiger partial charge in [0.15, 0.2) is 6.29 Å². The summed E-state index contributed by atoms with van der Waals surface area (Å²) in [5.41, 5.74) is 1.80. The highest BCUT2D eigenvalue weighted by Gasteiger charge is 2.05. The molecule has 0 aliphatic rings. The summed E-state index contributed by atoms with van der Waals surface area (Å²) in [4.78, 5) is 10.8. The zero-order valence-electron chi connectivity index (χ0n) is 8.88. The molecule has 0 bridgehead atoms. The second kappa shape index (κ2) is 5.07. The molecule has 1 aromatic heterocycles. The lowest BCUT2D eigenvalue weighted by molar-refractivity contribution is 0.112. The summed E-state index contributed by atoms with van der Waals surface area (Å²) in [6.07, 6.45) is 2.85.